The molecule has 0 amide bonds. The fraction of sp³-hybridized carbons (Fsp3) is 0.381. The summed E-state index contributed by atoms with van der Waals surface area (Å²) in [5, 5.41) is 9.46. The third-order valence-electron chi connectivity index (χ3n) is 4.79. The Morgan fingerprint density at radius 1 is 1.03 bits per heavy atom. The molecule has 3 N–H and O–H groups in total. The molecule has 1 aromatic heterocycles. The van der Waals surface area contributed by atoms with Crippen LogP contribution in [0.5, 0.6) is 0 Å². The fourth-order valence-corrected chi connectivity index (χ4v) is 3.97. The lowest BCUT2D eigenvalue weighted by molar-refractivity contribution is -0.376. The minimum absolute atomic E-state index is 0.208. The molecule has 0 aliphatic carbocycles. The second kappa shape index (κ2) is 10.7. The van der Waals surface area contributed by atoms with E-state index in [0.717, 1.165) is 12.1 Å². The molecule has 34 heavy (non-hydrogen) atoms. The predicted octanol–water partition coefficient (Wildman–Crippen LogP) is 4.58. The van der Waals surface area contributed by atoms with Gasteiger partial charge < -0.3 is 15.7 Å². The first-order valence-electron chi connectivity index (χ1n) is 9.67. The molecular formula is C21H21F7N4OS. The number of nitrogen functional groups attached to an aromatic ring is 1. The van der Waals surface area contributed by atoms with E-state index < -0.39 is 29.3 Å². The topological polar surface area (TPSA) is 65.6 Å². The van der Waals surface area contributed by atoms with Crippen molar-refractivity contribution in [1.82, 2.24) is 9.29 Å². The Hall–Kier alpha value is -2.69. The summed E-state index contributed by atoms with van der Waals surface area (Å²) >= 11 is 1.26. The molecule has 186 valence electrons. The van der Waals surface area contributed by atoms with Crippen molar-refractivity contribution in [3.63, 3.8) is 0 Å². The Balaban J connectivity index is 0.00000129. The number of aliphatic hydroxyl groups is 1. The number of aromatic nitrogens is 1. The third kappa shape index (κ3) is 6.05. The molecule has 1 saturated heterocycles. The Morgan fingerprint density at radius 3 is 1.97 bits per heavy atom. The van der Waals surface area contributed by atoms with Crippen molar-refractivity contribution in [2.75, 3.05) is 36.8 Å². The van der Waals surface area contributed by atoms with E-state index in [4.69, 9.17) is 5.73 Å². The summed E-state index contributed by atoms with van der Waals surface area (Å²) in [6.07, 6.45) is -5.82. The Kier molecular flexibility index (Phi) is 8.68. The van der Waals surface area contributed by atoms with Gasteiger partial charge in [0.15, 0.2) is 11.6 Å². The van der Waals surface area contributed by atoms with Crippen LogP contribution in [0.15, 0.2) is 41.4 Å². The number of benzene rings is 1. The number of nitrogens with zero attached hydrogens (tertiary/aromatic N) is 3. The van der Waals surface area contributed by atoms with Crippen molar-refractivity contribution < 1.29 is 35.8 Å². The Bertz CT molecular complexity index is 984. The zero-order valence-electron chi connectivity index (χ0n) is 17.8. The zero-order valence-corrected chi connectivity index (χ0v) is 18.6. The summed E-state index contributed by atoms with van der Waals surface area (Å²) in [4.78, 5) is 6.06. The standard InChI is InChI=1S/C18H17F7N4OS.C3H4/c19-14-9-13(10-27-15(14)26)31-29-7-5-28(6-8-29)12-3-1-11(2-4-12)16(30,17(20,21)22)18(23,24)25;1-3-2/h1-4,9-10,30H,5-8H2,(H2,26,27);1H,2H3. The number of anilines is 2. The van der Waals surface area contributed by atoms with Gasteiger partial charge in [-0.15, -0.1) is 12.3 Å². The van der Waals surface area contributed by atoms with Gasteiger partial charge in [-0.2, -0.15) is 26.3 Å². The number of alkyl halides is 6. The summed E-state index contributed by atoms with van der Waals surface area (Å²) in [5.41, 5.74) is -0.500. The number of halogens is 7. The number of rotatable bonds is 4. The van der Waals surface area contributed by atoms with Crippen molar-refractivity contribution in [3.8, 4) is 12.3 Å². The van der Waals surface area contributed by atoms with Gasteiger partial charge in [-0.25, -0.2) is 13.7 Å². The van der Waals surface area contributed by atoms with E-state index in [0.29, 0.717) is 48.9 Å². The largest absolute Gasteiger partial charge is 0.430 e. The van der Waals surface area contributed by atoms with E-state index in [2.05, 4.69) is 17.3 Å². The van der Waals surface area contributed by atoms with Gasteiger partial charge in [-0.05, 0) is 37.1 Å². The quantitative estimate of drug-likeness (QED) is 0.357. The van der Waals surface area contributed by atoms with Crippen molar-refractivity contribution >= 4 is 23.5 Å². The van der Waals surface area contributed by atoms with Gasteiger partial charge in [0.25, 0.3) is 5.60 Å². The molecule has 13 heteroatoms. The normalized spacial score (nSPS) is 15.4. The monoisotopic (exact) mass is 510 g/mol. The van der Waals surface area contributed by atoms with Gasteiger partial charge >= 0.3 is 12.4 Å². The second-order valence-corrected chi connectivity index (χ2v) is 8.26. The maximum Gasteiger partial charge on any atom is 0.430 e. The van der Waals surface area contributed by atoms with Crippen LogP contribution < -0.4 is 10.6 Å². The molecular weight excluding hydrogens is 489 g/mol. The first kappa shape index (κ1) is 27.6. The highest BCUT2D eigenvalue weighted by atomic mass is 32.2. The van der Waals surface area contributed by atoms with Crippen LogP contribution in [-0.4, -0.2) is 52.9 Å². The van der Waals surface area contributed by atoms with Crippen molar-refractivity contribution in [2.24, 2.45) is 0 Å². The minimum atomic E-state index is -5.92. The second-order valence-electron chi connectivity index (χ2n) is 7.09. The summed E-state index contributed by atoms with van der Waals surface area (Å²) in [6, 6.07) is 4.72. The van der Waals surface area contributed by atoms with Gasteiger partial charge in [0.05, 0.1) is 0 Å². The van der Waals surface area contributed by atoms with Crippen LogP contribution in [0.2, 0.25) is 0 Å². The number of pyridine rings is 1. The van der Waals surface area contributed by atoms with E-state index in [9.17, 15) is 35.8 Å². The van der Waals surface area contributed by atoms with Crippen molar-refractivity contribution in [3.05, 3.63) is 47.9 Å². The average molecular weight is 510 g/mol. The number of terminal acetylenes is 1. The Morgan fingerprint density at radius 2 is 1.53 bits per heavy atom. The lowest BCUT2D eigenvalue weighted by Gasteiger charge is -2.36. The fourth-order valence-electron chi connectivity index (χ4n) is 3.07. The summed E-state index contributed by atoms with van der Waals surface area (Å²) in [6.45, 7) is 3.50. The van der Waals surface area contributed by atoms with E-state index in [1.807, 2.05) is 4.31 Å². The molecule has 1 fully saturated rings. The molecule has 3 rings (SSSR count). The number of piperazine rings is 1. The van der Waals surface area contributed by atoms with Crippen LogP contribution in [0.4, 0.5) is 42.2 Å². The predicted molar refractivity (Wildman–Crippen MR) is 115 cm³/mol. The highest BCUT2D eigenvalue weighted by molar-refractivity contribution is 7.97. The van der Waals surface area contributed by atoms with Gasteiger partial charge in [-0.1, -0.05) is 12.1 Å². The highest BCUT2D eigenvalue weighted by Crippen LogP contribution is 2.50. The van der Waals surface area contributed by atoms with E-state index >= 15 is 0 Å². The summed E-state index contributed by atoms with van der Waals surface area (Å²) in [5.74, 6) is 1.40. The SMILES string of the molecule is C#CC.Nc1ncc(SN2CCN(c3ccc(C(O)(C(F)(F)F)C(F)(F)F)cc3)CC2)cc1F. The van der Waals surface area contributed by atoms with E-state index in [1.54, 1.807) is 11.8 Å². The molecule has 1 aliphatic heterocycles. The molecule has 0 bridgehead atoms. The zero-order chi connectivity index (χ0) is 25.7. The van der Waals surface area contributed by atoms with Crippen LogP contribution in [0.1, 0.15) is 12.5 Å². The van der Waals surface area contributed by atoms with E-state index in [-0.39, 0.29) is 5.82 Å². The van der Waals surface area contributed by atoms with Gasteiger partial charge in [0.2, 0.25) is 0 Å². The molecule has 1 aromatic carbocycles. The molecule has 1 aliphatic rings. The van der Waals surface area contributed by atoms with Crippen LogP contribution in [0.25, 0.3) is 0 Å². The summed E-state index contributed by atoms with van der Waals surface area (Å²) < 4.78 is 93.3. The van der Waals surface area contributed by atoms with Gasteiger partial charge in [0, 0.05) is 48.5 Å². The van der Waals surface area contributed by atoms with Crippen LogP contribution in [-0.2, 0) is 5.60 Å². The molecule has 0 atom stereocenters. The molecule has 2 aromatic rings. The molecule has 5 nitrogen and oxygen atoms in total. The van der Waals surface area contributed by atoms with Crippen molar-refractivity contribution in [2.45, 2.75) is 29.8 Å². The average Bonchev–Trinajstić information content (AvgIpc) is 2.75. The Labute approximate surface area is 195 Å². The van der Waals surface area contributed by atoms with Gasteiger partial charge in [-0.3, -0.25) is 0 Å². The lowest BCUT2D eigenvalue weighted by atomic mass is 9.92. The molecule has 0 unspecified atom stereocenters. The smallest absolute Gasteiger partial charge is 0.381 e. The maximum atomic E-state index is 13.5. The van der Waals surface area contributed by atoms with Crippen LogP contribution in [0.3, 0.4) is 0 Å². The van der Waals surface area contributed by atoms with Crippen molar-refractivity contribution in [1.29, 1.82) is 0 Å². The number of nitrogens with two attached hydrogens (primary N) is 1. The maximum absolute atomic E-state index is 13.5. The molecule has 0 spiro atoms. The third-order valence-corrected chi connectivity index (χ3v) is 5.85. The lowest BCUT2D eigenvalue weighted by Crippen LogP contribution is -2.53. The van der Waals surface area contributed by atoms with Crippen LogP contribution in [0, 0.1) is 18.2 Å². The molecule has 0 radical (unpaired) electrons. The summed E-state index contributed by atoms with van der Waals surface area (Å²) in [7, 11) is 0. The number of hydrogen-bond acceptors (Lipinski definition) is 6. The number of hydrogen-bond donors (Lipinski definition) is 2. The first-order valence-corrected chi connectivity index (χ1v) is 10.4. The first-order chi connectivity index (χ1) is 15.7. The highest BCUT2D eigenvalue weighted by Gasteiger charge is 2.71. The van der Waals surface area contributed by atoms with Crippen LogP contribution >= 0.6 is 11.9 Å². The molecule has 0 saturated carbocycles. The molecule has 2 heterocycles. The van der Waals surface area contributed by atoms with E-state index in [1.165, 1.54) is 24.2 Å². The van der Waals surface area contributed by atoms with Gasteiger partial charge in [0.1, 0.15) is 0 Å². The minimum Gasteiger partial charge on any atom is -0.381 e.